The summed E-state index contributed by atoms with van der Waals surface area (Å²) < 4.78 is 38.7. The smallest absolute Gasteiger partial charge is 0.179 e. The average Bonchev–Trinajstić information content (AvgIpc) is 2.68. The molecule has 2 aromatic rings. The number of sulfonamides is 1. The number of piperidine rings is 1. The van der Waals surface area contributed by atoms with Gasteiger partial charge in [-0.1, -0.05) is 21.9 Å². The van der Waals surface area contributed by atoms with Crippen LogP contribution in [0.3, 0.4) is 0 Å². The molecule has 6 nitrogen and oxygen atoms in total. The van der Waals surface area contributed by atoms with Crippen LogP contribution >= 0.6 is 11.6 Å². The molecule has 0 radical (unpaired) electrons. The van der Waals surface area contributed by atoms with Crippen LogP contribution < -0.4 is 9.47 Å². The van der Waals surface area contributed by atoms with Crippen LogP contribution in [0.25, 0.3) is 0 Å². The Morgan fingerprint density at radius 3 is 2.68 bits per heavy atom. The lowest BCUT2D eigenvalue weighted by Crippen LogP contribution is -2.53. The molecule has 0 bridgehead atoms. The SMILES string of the molecule is COc1cccc([S+](=O)([O-])N2CCC3(CC2)CC(=O)c2ccc(Cl)cc2O3)c1. The number of halogens is 1. The van der Waals surface area contributed by atoms with E-state index in [1.165, 1.54) is 17.5 Å². The standard InChI is InChI=1S/C20H20ClNO5S/c1-26-15-3-2-4-16(12-15)28(24,25)22-9-7-20(8-10-22)13-18(23)17-6-5-14(21)11-19(17)27-20/h2-6,11-12H,7-10,13H2,1H3. The normalized spacial score (nSPS) is 20.9. The van der Waals surface area contributed by atoms with E-state index in [9.17, 15) is 13.6 Å². The third kappa shape index (κ3) is 3.43. The van der Waals surface area contributed by atoms with Crippen molar-refractivity contribution in [2.75, 3.05) is 20.2 Å². The first-order chi connectivity index (χ1) is 13.3. The zero-order valence-corrected chi connectivity index (χ0v) is 16.9. The molecule has 8 heteroatoms. The first-order valence-corrected chi connectivity index (χ1v) is 10.8. The summed E-state index contributed by atoms with van der Waals surface area (Å²) in [5.41, 5.74) is -0.156. The van der Waals surface area contributed by atoms with Gasteiger partial charge in [0.1, 0.15) is 17.1 Å². The molecule has 1 spiro atoms. The van der Waals surface area contributed by atoms with Gasteiger partial charge < -0.3 is 14.0 Å². The first-order valence-electron chi connectivity index (χ1n) is 8.99. The van der Waals surface area contributed by atoms with Gasteiger partial charge in [0, 0.05) is 37.0 Å². The number of fused-ring (bicyclic) bond motifs is 1. The van der Waals surface area contributed by atoms with Crippen molar-refractivity contribution in [3.05, 3.63) is 53.1 Å². The van der Waals surface area contributed by atoms with Crippen LogP contribution in [0.4, 0.5) is 0 Å². The fourth-order valence-corrected chi connectivity index (χ4v) is 5.43. The van der Waals surface area contributed by atoms with Crippen molar-refractivity contribution >= 4 is 27.8 Å². The van der Waals surface area contributed by atoms with Gasteiger partial charge in [-0.2, -0.15) is 0 Å². The maximum Gasteiger partial charge on any atom is 0.179 e. The number of rotatable bonds is 3. The van der Waals surface area contributed by atoms with E-state index >= 15 is 0 Å². The molecule has 0 amide bonds. The minimum atomic E-state index is -3.64. The molecule has 0 saturated carbocycles. The highest BCUT2D eigenvalue weighted by atomic mass is 35.5. The van der Waals surface area contributed by atoms with E-state index in [0.29, 0.717) is 34.9 Å². The van der Waals surface area contributed by atoms with E-state index in [-0.39, 0.29) is 30.2 Å². The van der Waals surface area contributed by atoms with Crippen LogP contribution in [-0.2, 0) is 14.6 Å². The van der Waals surface area contributed by atoms with E-state index in [1.807, 2.05) is 0 Å². The molecule has 0 aromatic heterocycles. The van der Waals surface area contributed by atoms with Gasteiger partial charge in [0.2, 0.25) is 0 Å². The Morgan fingerprint density at radius 1 is 1.21 bits per heavy atom. The number of Topliss-reactive ketones (excluding diaryl/α,β-unsaturated/α-hetero) is 1. The molecule has 0 N–H and O–H groups in total. The lowest BCUT2D eigenvalue weighted by Gasteiger charge is -2.43. The molecule has 2 heterocycles. The Kier molecular flexibility index (Phi) is 4.95. The second-order valence-electron chi connectivity index (χ2n) is 7.11. The zero-order chi connectivity index (χ0) is 19.9. The minimum absolute atomic E-state index is 0.00187. The summed E-state index contributed by atoms with van der Waals surface area (Å²) in [5, 5.41) is 0.502. The third-order valence-electron chi connectivity index (χ3n) is 5.37. The van der Waals surface area contributed by atoms with Gasteiger partial charge in [-0.15, -0.1) is 4.31 Å². The van der Waals surface area contributed by atoms with Crippen LogP contribution in [0.15, 0.2) is 47.4 Å². The highest BCUT2D eigenvalue weighted by Gasteiger charge is 2.46. The van der Waals surface area contributed by atoms with Gasteiger partial charge in [0.15, 0.2) is 21.1 Å². The second kappa shape index (κ2) is 7.15. The summed E-state index contributed by atoms with van der Waals surface area (Å²) in [4.78, 5) is 12.8. The molecule has 2 aliphatic heterocycles. The van der Waals surface area contributed by atoms with Gasteiger partial charge in [-0.3, -0.25) is 4.79 Å². The Morgan fingerprint density at radius 2 is 1.96 bits per heavy atom. The second-order valence-corrected chi connectivity index (χ2v) is 9.48. The van der Waals surface area contributed by atoms with Gasteiger partial charge >= 0.3 is 0 Å². The molecule has 1 atom stereocenters. The number of hydrogen-bond donors (Lipinski definition) is 0. The molecule has 2 aliphatic rings. The fourth-order valence-electron chi connectivity index (χ4n) is 3.79. The highest BCUT2D eigenvalue weighted by Crippen LogP contribution is 2.41. The van der Waals surface area contributed by atoms with Crippen molar-refractivity contribution in [3.8, 4) is 11.5 Å². The van der Waals surface area contributed by atoms with Gasteiger partial charge in [0.25, 0.3) is 0 Å². The zero-order valence-electron chi connectivity index (χ0n) is 15.4. The lowest BCUT2D eigenvalue weighted by molar-refractivity contribution is 0.00487. The summed E-state index contributed by atoms with van der Waals surface area (Å²) in [6.07, 6.45) is 1.12. The maximum atomic E-state index is 13.0. The Hall–Kier alpha value is -1.93. The predicted molar refractivity (Wildman–Crippen MR) is 105 cm³/mol. The number of benzene rings is 2. The van der Waals surface area contributed by atoms with Crippen LogP contribution in [0, 0.1) is 0 Å². The molecular weight excluding hydrogens is 402 g/mol. The molecule has 2 aromatic carbocycles. The summed E-state index contributed by atoms with van der Waals surface area (Å²) in [7, 11) is -2.14. The topological polar surface area (TPSA) is 78.9 Å². The van der Waals surface area contributed by atoms with Gasteiger partial charge in [-0.05, 0) is 30.3 Å². The summed E-state index contributed by atoms with van der Waals surface area (Å²) in [6, 6.07) is 11.4. The number of carbonyl (C=O) groups is 1. The number of nitrogens with zero attached hydrogens (tertiary/aromatic N) is 1. The summed E-state index contributed by atoms with van der Waals surface area (Å²) in [5.74, 6) is 0.971. The largest absolute Gasteiger partial charge is 0.593 e. The summed E-state index contributed by atoms with van der Waals surface area (Å²) >= 11 is 6.04. The minimum Gasteiger partial charge on any atom is -0.593 e. The third-order valence-corrected chi connectivity index (χ3v) is 7.50. The van der Waals surface area contributed by atoms with E-state index in [4.69, 9.17) is 21.1 Å². The van der Waals surface area contributed by atoms with Crippen molar-refractivity contribution in [1.29, 1.82) is 0 Å². The van der Waals surface area contributed by atoms with E-state index < -0.39 is 16.0 Å². The van der Waals surface area contributed by atoms with Gasteiger partial charge in [0.05, 0.1) is 19.1 Å². The van der Waals surface area contributed by atoms with Crippen LogP contribution in [0.2, 0.25) is 5.02 Å². The van der Waals surface area contributed by atoms with Crippen molar-refractivity contribution in [2.24, 2.45) is 0 Å². The maximum absolute atomic E-state index is 13.0. The quantitative estimate of drug-likeness (QED) is 0.705. The average molecular weight is 422 g/mol. The van der Waals surface area contributed by atoms with Crippen LogP contribution in [0.1, 0.15) is 29.6 Å². The highest BCUT2D eigenvalue weighted by molar-refractivity contribution is 7.95. The van der Waals surface area contributed by atoms with E-state index in [0.717, 1.165) is 0 Å². The number of hydrogen-bond acceptors (Lipinski definition) is 5. The van der Waals surface area contributed by atoms with Gasteiger partial charge in [-0.25, -0.2) is 0 Å². The van der Waals surface area contributed by atoms with Crippen LogP contribution in [0.5, 0.6) is 11.5 Å². The molecule has 148 valence electrons. The first kappa shape index (κ1) is 19.4. The number of carbonyl (C=O) groups excluding carboxylic acids is 1. The number of ether oxygens (including phenoxy) is 2. The van der Waals surface area contributed by atoms with Crippen molar-refractivity contribution in [3.63, 3.8) is 0 Å². The molecule has 1 unspecified atom stereocenters. The van der Waals surface area contributed by atoms with Crippen molar-refractivity contribution in [1.82, 2.24) is 4.31 Å². The number of ketones is 1. The Balaban J connectivity index is 1.53. The molecular formula is C20H20ClNO5S. The molecule has 4 rings (SSSR count). The Bertz CT molecular complexity index is 971. The molecule has 28 heavy (non-hydrogen) atoms. The summed E-state index contributed by atoms with van der Waals surface area (Å²) in [6.45, 7) is 0.561. The fraction of sp³-hybridized carbons (Fsp3) is 0.350. The number of methoxy groups -OCH3 is 1. The molecule has 1 fully saturated rings. The lowest BCUT2D eigenvalue weighted by atomic mass is 9.83. The van der Waals surface area contributed by atoms with Crippen molar-refractivity contribution < 1.29 is 23.0 Å². The van der Waals surface area contributed by atoms with Crippen LogP contribution in [-0.4, -0.2) is 40.4 Å². The van der Waals surface area contributed by atoms with E-state index in [2.05, 4.69) is 0 Å². The monoisotopic (exact) mass is 421 g/mol. The van der Waals surface area contributed by atoms with Crippen molar-refractivity contribution in [2.45, 2.75) is 29.8 Å². The molecule has 0 aliphatic carbocycles. The van der Waals surface area contributed by atoms with E-state index in [1.54, 1.807) is 36.4 Å². The Labute approximate surface area is 169 Å². The predicted octanol–water partition coefficient (Wildman–Crippen LogP) is 3.75. The molecule has 1 saturated heterocycles.